The molecule has 0 heterocycles. The molecule has 1 aliphatic rings. The second kappa shape index (κ2) is 7.31. The van der Waals surface area contributed by atoms with Crippen molar-refractivity contribution < 1.29 is 4.79 Å². The van der Waals surface area contributed by atoms with E-state index in [0.29, 0.717) is 0 Å². The van der Waals surface area contributed by atoms with Gasteiger partial charge in [-0.05, 0) is 37.8 Å². The molecule has 0 atom stereocenters. The van der Waals surface area contributed by atoms with Crippen LogP contribution < -0.4 is 10.6 Å². The Kier molecular flexibility index (Phi) is 5.43. The number of nitrogens with zero attached hydrogens (tertiary/aromatic N) is 1. The highest BCUT2D eigenvalue weighted by Gasteiger charge is 2.32. The Bertz CT molecular complexity index is 546. The average Bonchev–Trinajstić information content (AvgIpc) is 2.73. The minimum Gasteiger partial charge on any atom is -0.376 e. The molecule has 0 spiro atoms. The van der Waals surface area contributed by atoms with Crippen LogP contribution in [-0.2, 0) is 4.79 Å². The number of rotatable bonds is 4. The number of carbonyl (C=O) groups is 1. The van der Waals surface area contributed by atoms with Crippen LogP contribution in [0.15, 0.2) is 18.2 Å². The summed E-state index contributed by atoms with van der Waals surface area (Å²) < 4.78 is 0. The van der Waals surface area contributed by atoms with E-state index in [2.05, 4.69) is 16.7 Å². The molecule has 2 N–H and O–H groups in total. The predicted octanol–water partition coefficient (Wildman–Crippen LogP) is 3.45. The van der Waals surface area contributed by atoms with Crippen molar-refractivity contribution in [3.05, 3.63) is 29.3 Å². The van der Waals surface area contributed by atoms with Crippen LogP contribution in [0.3, 0.4) is 0 Å². The van der Waals surface area contributed by atoms with Gasteiger partial charge in [0.1, 0.15) is 5.54 Å². The highest BCUT2D eigenvalue weighted by Crippen LogP contribution is 2.26. The number of anilines is 1. The standard InChI is InChI=1S/C18H25N3O/c1-14-8-7-9-15(2)17(14)20-12-16(22)21-18(13-19)10-5-3-4-6-11-18/h7-9,20H,3-6,10-12H2,1-2H3,(H,21,22). The maximum atomic E-state index is 12.3. The molecule has 118 valence electrons. The molecule has 22 heavy (non-hydrogen) atoms. The lowest BCUT2D eigenvalue weighted by molar-refractivity contribution is -0.120. The second-order valence-electron chi connectivity index (χ2n) is 6.28. The summed E-state index contributed by atoms with van der Waals surface area (Å²) in [6.07, 6.45) is 5.85. The summed E-state index contributed by atoms with van der Waals surface area (Å²) in [5.74, 6) is -0.105. The van der Waals surface area contributed by atoms with E-state index in [9.17, 15) is 10.1 Å². The molecule has 0 aliphatic heterocycles. The zero-order chi connectivity index (χ0) is 16.0. The van der Waals surface area contributed by atoms with Crippen LogP contribution in [0.5, 0.6) is 0 Å². The Labute approximate surface area is 132 Å². The molecule has 0 aromatic heterocycles. The van der Waals surface area contributed by atoms with E-state index in [0.717, 1.165) is 55.3 Å². The van der Waals surface area contributed by atoms with Crippen molar-refractivity contribution in [2.75, 3.05) is 11.9 Å². The fraction of sp³-hybridized carbons (Fsp3) is 0.556. The average molecular weight is 299 g/mol. The minimum atomic E-state index is -0.671. The van der Waals surface area contributed by atoms with E-state index >= 15 is 0 Å². The van der Waals surface area contributed by atoms with Crippen LogP contribution in [0.25, 0.3) is 0 Å². The van der Waals surface area contributed by atoms with Crippen LogP contribution in [0.4, 0.5) is 5.69 Å². The van der Waals surface area contributed by atoms with Gasteiger partial charge in [-0.3, -0.25) is 4.79 Å². The van der Waals surface area contributed by atoms with Gasteiger partial charge in [0.2, 0.25) is 5.91 Å². The molecule has 1 aliphatic carbocycles. The van der Waals surface area contributed by atoms with E-state index in [1.54, 1.807) is 0 Å². The van der Waals surface area contributed by atoms with Gasteiger partial charge < -0.3 is 10.6 Å². The van der Waals surface area contributed by atoms with Crippen LogP contribution in [-0.4, -0.2) is 18.0 Å². The van der Waals surface area contributed by atoms with Crippen LogP contribution in [0, 0.1) is 25.2 Å². The minimum absolute atomic E-state index is 0.105. The first-order valence-corrected chi connectivity index (χ1v) is 8.09. The van der Waals surface area contributed by atoms with Crippen molar-refractivity contribution in [1.29, 1.82) is 5.26 Å². The zero-order valence-corrected chi connectivity index (χ0v) is 13.5. The third-order valence-electron chi connectivity index (χ3n) is 4.46. The maximum absolute atomic E-state index is 12.3. The number of nitrogens with one attached hydrogen (secondary N) is 2. The molecule has 1 fully saturated rings. The number of aryl methyl sites for hydroxylation is 2. The summed E-state index contributed by atoms with van der Waals surface area (Å²) >= 11 is 0. The van der Waals surface area contributed by atoms with Crippen molar-refractivity contribution in [2.24, 2.45) is 0 Å². The first-order valence-electron chi connectivity index (χ1n) is 8.09. The Balaban J connectivity index is 1.96. The first-order chi connectivity index (χ1) is 10.6. The van der Waals surface area contributed by atoms with Crippen molar-refractivity contribution in [2.45, 2.75) is 57.9 Å². The second-order valence-corrected chi connectivity index (χ2v) is 6.28. The number of carbonyl (C=O) groups excluding carboxylic acids is 1. The quantitative estimate of drug-likeness (QED) is 0.837. The van der Waals surface area contributed by atoms with Gasteiger partial charge in [0.15, 0.2) is 0 Å². The first kappa shape index (κ1) is 16.4. The van der Waals surface area contributed by atoms with Gasteiger partial charge in [-0.1, -0.05) is 43.9 Å². The molecule has 2 rings (SSSR count). The van der Waals surface area contributed by atoms with Crippen LogP contribution >= 0.6 is 0 Å². The Morgan fingerprint density at radius 2 is 1.77 bits per heavy atom. The van der Waals surface area contributed by atoms with E-state index in [4.69, 9.17) is 0 Å². The van der Waals surface area contributed by atoms with Crippen LogP contribution in [0.1, 0.15) is 49.7 Å². The summed E-state index contributed by atoms with van der Waals surface area (Å²) in [7, 11) is 0. The van der Waals surface area contributed by atoms with Gasteiger partial charge in [-0.15, -0.1) is 0 Å². The monoisotopic (exact) mass is 299 g/mol. The third kappa shape index (κ3) is 4.00. The summed E-state index contributed by atoms with van der Waals surface area (Å²) in [6, 6.07) is 8.40. The zero-order valence-electron chi connectivity index (χ0n) is 13.5. The lowest BCUT2D eigenvalue weighted by Gasteiger charge is -2.26. The SMILES string of the molecule is Cc1cccc(C)c1NCC(=O)NC1(C#N)CCCCCC1. The fourth-order valence-electron chi connectivity index (χ4n) is 3.17. The van der Waals surface area contributed by atoms with E-state index in [1.807, 2.05) is 32.0 Å². The topological polar surface area (TPSA) is 64.9 Å². The lowest BCUT2D eigenvalue weighted by atomic mass is 9.92. The number of nitriles is 1. The van der Waals surface area contributed by atoms with Gasteiger partial charge in [0.25, 0.3) is 0 Å². The molecule has 1 aromatic rings. The number of para-hydroxylation sites is 1. The van der Waals surface area contributed by atoms with Gasteiger partial charge in [0.05, 0.1) is 12.6 Å². The molecule has 4 nitrogen and oxygen atoms in total. The van der Waals surface area contributed by atoms with E-state index in [1.165, 1.54) is 0 Å². The van der Waals surface area contributed by atoms with Gasteiger partial charge in [-0.2, -0.15) is 5.26 Å². The highest BCUT2D eigenvalue weighted by atomic mass is 16.2. The molecular weight excluding hydrogens is 274 g/mol. The fourth-order valence-corrected chi connectivity index (χ4v) is 3.17. The Morgan fingerprint density at radius 1 is 1.18 bits per heavy atom. The van der Waals surface area contributed by atoms with E-state index < -0.39 is 5.54 Å². The molecular formula is C18H25N3O. The van der Waals surface area contributed by atoms with Crippen molar-refractivity contribution >= 4 is 11.6 Å². The number of benzene rings is 1. The largest absolute Gasteiger partial charge is 0.376 e. The van der Waals surface area contributed by atoms with Crippen molar-refractivity contribution in [3.63, 3.8) is 0 Å². The maximum Gasteiger partial charge on any atom is 0.240 e. The van der Waals surface area contributed by atoms with Gasteiger partial charge in [0, 0.05) is 5.69 Å². The van der Waals surface area contributed by atoms with Gasteiger partial charge >= 0.3 is 0 Å². The molecule has 1 amide bonds. The third-order valence-corrected chi connectivity index (χ3v) is 4.46. The van der Waals surface area contributed by atoms with E-state index in [-0.39, 0.29) is 12.5 Å². The summed E-state index contributed by atoms with van der Waals surface area (Å²) in [6.45, 7) is 4.25. The molecule has 0 saturated heterocycles. The number of amides is 1. The van der Waals surface area contributed by atoms with Crippen LogP contribution in [0.2, 0.25) is 0 Å². The highest BCUT2D eigenvalue weighted by molar-refractivity contribution is 5.82. The molecule has 1 saturated carbocycles. The predicted molar refractivity (Wildman–Crippen MR) is 88.6 cm³/mol. The number of hydrogen-bond acceptors (Lipinski definition) is 3. The van der Waals surface area contributed by atoms with Crippen molar-refractivity contribution in [3.8, 4) is 6.07 Å². The van der Waals surface area contributed by atoms with Crippen molar-refractivity contribution in [1.82, 2.24) is 5.32 Å². The summed E-state index contributed by atoms with van der Waals surface area (Å²) in [4.78, 5) is 12.3. The summed E-state index contributed by atoms with van der Waals surface area (Å²) in [5, 5.41) is 15.7. The molecule has 4 heteroatoms. The normalized spacial score (nSPS) is 17.1. The summed E-state index contributed by atoms with van der Waals surface area (Å²) in [5.41, 5.74) is 2.58. The molecule has 0 bridgehead atoms. The Hall–Kier alpha value is -2.02. The number of hydrogen-bond donors (Lipinski definition) is 2. The molecule has 0 unspecified atom stereocenters. The smallest absolute Gasteiger partial charge is 0.240 e. The van der Waals surface area contributed by atoms with Gasteiger partial charge in [-0.25, -0.2) is 0 Å². The Morgan fingerprint density at radius 3 is 2.32 bits per heavy atom. The molecule has 1 aromatic carbocycles. The molecule has 0 radical (unpaired) electrons. The lowest BCUT2D eigenvalue weighted by Crippen LogP contribution is -2.49.